The Morgan fingerprint density at radius 3 is 2.30 bits per heavy atom. The maximum atomic E-state index is 11.8. The molecule has 0 saturated heterocycles. The molecule has 0 aromatic heterocycles. The van der Waals surface area contributed by atoms with Gasteiger partial charge in [-0.2, -0.15) is 13.2 Å². The van der Waals surface area contributed by atoms with Crippen LogP contribution >= 0.6 is 0 Å². The quantitative estimate of drug-likeness (QED) is 0.499. The van der Waals surface area contributed by atoms with Gasteiger partial charge in [-0.1, -0.05) is 6.08 Å². The normalized spacial score (nSPS) is 25.2. The van der Waals surface area contributed by atoms with Crippen LogP contribution in [0.3, 0.4) is 0 Å². The first kappa shape index (κ1) is 7.31. The lowest BCUT2D eigenvalue weighted by molar-refractivity contribution is -0.0577. The Kier molecular flexibility index (Phi) is 1.54. The molecule has 1 nitrogen and oxygen atoms in total. The third-order valence-corrected chi connectivity index (χ3v) is 1.17. The van der Waals surface area contributed by atoms with Crippen molar-refractivity contribution in [2.75, 3.05) is 0 Å². The Morgan fingerprint density at radius 1 is 1.50 bits per heavy atom. The molecule has 0 spiro atoms. The average molecular weight is 149 g/mol. The van der Waals surface area contributed by atoms with E-state index in [-0.39, 0.29) is 6.04 Å². The average Bonchev–Trinajstić information content (AvgIpc) is 2.11. The maximum Gasteiger partial charge on any atom is 0.432 e. The summed E-state index contributed by atoms with van der Waals surface area (Å²) in [5.41, 5.74) is -0.778. The minimum Gasteiger partial charge on any atom is -0.273 e. The zero-order chi connectivity index (χ0) is 7.78. The summed E-state index contributed by atoms with van der Waals surface area (Å²) in [6.07, 6.45) is -1.85. The molecule has 4 heteroatoms. The number of nitrogens with zero attached hydrogens (tertiary/aromatic N) is 1. The van der Waals surface area contributed by atoms with Gasteiger partial charge < -0.3 is 0 Å². The fourth-order valence-electron chi connectivity index (χ4n) is 0.704. The van der Waals surface area contributed by atoms with Crippen molar-refractivity contribution in [2.24, 2.45) is 4.99 Å². The molecule has 1 unspecified atom stereocenters. The first-order valence-corrected chi connectivity index (χ1v) is 2.83. The van der Waals surface area contributed by atoms with E-state index in [1.165, 1.54) is 6.08 Å². The Hall–Kier alpha value is -0.800. The summed E-state index contributed by atoms with van der Waals surface area (Å²) in [4.78, 5) is 3.34. The molecule has 1 atom stereocenters. The van der Waals surface area contributed by atoms with Gasteiger partial charge >= 0.3 is 6.18 Å². The summed E-state index contributed by atoms with van der Waals surface area (Å²) >= 11 is 0. The standard InChI is InChI=1S/C6H6F3N/c1-4-2-3-5(10-4)6(7,8)9/h2-4H,1H3. The molecule has 1 rings (SSSR count). The molecule has 0 amide bonds. The predicted octanol–water partition coefficient (Wildman–Crippen LogP) is 1.95. The number of halogens is 3. The molecule has 1 aliphatic rings. The smallest absolute Gasteiger partial charge is 0.273 e. The highest BCUT2D eigenvalue weighted by Gasteiger charge is 2.35. The lowest BCUT2D eigenvalue weighted by atomic mass is 10.3. The van der Waals surface area contributed by atoms with Gasteiger partial charge in [0.25, 0.3) is 0 Å². The Balaban J connectivity index is 2.78. The van der Waals surface area contributed by atoms with Crippen molar-refractivity contribution in [3.8, 4) is 0 Å². The van der Waals surface area contributed by atoms with Gasteiger partial charge in [0.15, 0.2) is 0 Å². The van der Waals surface area contributed by atoms with E-state index in [1.807, 2.05) is 0 Å². The Labute approximate surface area is 56.3 Å². The summed E-state index contributed by atoms with van der Waals surface area (Å²) in [5, 5.41) is 0. The second-order valence-corrected chi connectivity index (χ2v) is 2.11. The topological polar surface area (TPSA) is 12.4 Å². The van der Waals surface area contributed by atoms with Crippen LogP contribution in [0.5, 0.6) is 0 Å². The van der Waals surface area contributed by atoms with Gasteiger partial charge in [0, 0.05) is 0 Å². The predicted molar refractivity (Wildman–Crippen MR) is 32.1 cm³/mol. The summed E-state index contributed by atoms with van der Waals surface area (Å²) in [7, 11) is 0. The summed E-state index contributed by atoms with van der Waals surface area (Å²) in [6, 6.07) is -0.323. The van der Waals surface area contributed by atoms with Crippen LogP contribution in [0.1, 0.15) is 6.92 Å². The minimum absolute atomic E-state index is 0.323. The molecular formula is C6H6F3N. The van der Waals surface area contributed by atoms with Crippen molar-refractivity contribution < 1.29 is 13.2 Å². The molecule has 10 heavy (non-hydrogen) atoms. The largest absolute Gasteiger partial charge is 0.432 e. The third-order valence-electron chi connectivity index (χ3n) is 1.17. The zero-order valence-corrected chi connectivity index (χ0v) is 5.31. The van der Waals surface area contributed by atoms with Crippen LogP contribution in [0.15, 0.2) is 17.1 Å². The zero-order valence-electron chi connectivity index (χ0n) is 5.31. The molecule has 0 aromatic carbocycles. The second-order valence-electron chi connectivity index (χ2n) is 2.11. The van der Waals surface area contributed by atoms with Crippen molar-refractivity contribution in [1.29, 1.82) is 0 Å². The van der Waals surface area contributed by atoms with Gasteiger partial charge in [0.1, 0.15) is 5.71 Å². The third kappa shape index (κ3) is 1.37. The molecule has 1 aliphatic heterocycles. The van der Waals surface area contributed by atoms with Crippen LogP contribution in [0.25, 0.3) is 0 Å². The van der Waals surface area contributed by atoms with Crippen LogP contribution < -0.4 is 0 Å². The van der Waals surface area contributed by atoms with E-state index in [2.05, 4.69) is 4.99 Å². The monoisotopic (exact) mass is 149 g/mol. The number of allylic oxidation sites excluding steroid dienone is 1. The van der Waals surface area contributed by atoms with Crippen molar-refractivity contribution in [3.05, 3.63) is 12.2 Å². The van der Waals surface area contributed by atoms with Crippen LogP contribution in [-0.4, -0.2) is 17.9 Å². The van der Waals surface area contributed by atoms with Crippen LogP contribution in [-0.2, 0) is 0 Å². The Bertz CT molecular complexity index is 190. The molecule has 0 aromatic rings. The molecule has 0 aliphatic carbocycles. The molecule has 56 valence electrons. The van der Waals surface area contributed by atoms with Crippen molar-refractivity contribution in [1.82, 2.24) is 0 Å². The van der Waals surface area contributed by atoms with Crippen molar-refractivity contribution >= 4 is 5.71 Å². The fourth-order valence-corrected chi connectivity index (χ4v) is 0.704. The number of hydrogen-bond acceptors (Lipinski definition) is 1. The molecule has 0 saturated carbocycles. The molecule has 0 bridgehead atoms. The van der Waals surface area contributed by atoms with E-state index in [1.54, 1.807) is 6.92 Å². The molecule has 0 radical (unpaired) electrons. The maximum absolute atomic E-state index is 11.8. The molecular weight excluding hydrogens is 143 g/mol. The van der Waals surface area contributed by atoms with Crippen LogP contribution in [0.2, 0.25) is 0 Å². The molecule has 0 N–H and O–H groups in total. The van der Waals surface area contributed by atoms with Crippen LogP contribution in [0.4, 0.5) is 13.2 Å². The van der Waals surface area contributed by atoms with E-state index in [4.69, 9.17) is 0 Å². The highest BCUT2D eigenvalue weighted by atomic mass is 19.4. The molecule has 1 heterocycles. The van der Waals surface area contributed by atoms with Gasteiger partial charge in [-0.05, 0) is 13.0 Å². The van der Waals surface area contributed by atoms with Gasteiger partial charge in [-0.15, -0.1) is 0 Å². The lowest BCUT2D eigenvalue weighted by Gasteiger charge is -2.02. The minimum atomic E-state index is -4.28. The molecule has 0 fully saturated rings. The second kappa shape index (κ2) is 2.11. The highest BCUT2D eigenvalue weighted by Crippen LogP contribution is 2.21. The summed E-state index contributed by atoms with van der Waals surface area (Å²) in [6.45, 7) is 1.61. The van der Waals surface area contributed by atoms with Crippen LogP contribution in [0, 0.1) is 0 Å². The SMILES string of the molecule is CC1C=CC(C(F)(F)F)=N1. The fraction of sp³-hybridized carbons (Fsp3) is 0.500. The van der Waals surface area contributed by atoms with E-state index in [9.17, 15) is 13.2 Å². The summed E-state index contributed by atoms with van der Waals surface area (Å²) in [5.74, 6) is 0. The first-order valence-electron chi connectivity index (χ1n) is 2.83. The van der Waals surface area contributed by atoms with Gasteiger partial charge in [-0.3, -0.25) is 4.99 Å². The number of alkyl halides is 3. The van der Waals surface area contributed by atoms with E-state index in [0.29, 0.717) is 0 Å². The van der Waals surface area contributed by atoms with Gasteiger partial charge in [0.2, 0.25) is 0 Å². The first-order chi connectivity index (χ1) is 4.50. The van der Waals surface area contributed by atoms with E-state index in [0.717, 1.165) is 6.08 Å². The Morgan fingerprint density at radius 2 is 2.10 bits per heavy atom. The van der Waals surface area contributed by atoms with Crippen molar-refractivity contribution in [3.63, 3.8) is 0 Å². The van der Waals surface area contributed by atoms with Crippen molar-refractivity contribution in [2.45, 2.75) is 19.1 Å². The van der Waals surface area contributed by atoms with E-state index >= 15 is 0 Å². The highest BCUT2D eigenvalue weighted by molar-refractivity contribution is 6.01. The number of aliphatic imine (C=N–C) groups is 1. The number of rotatable bonds is 0. The summed E-state index contributed by atoms with van der Waals surface area (Å²) < 4.78 is 35.3. The van der Waals surface area contributed by atoms with Gasteiger partial charge in [0.05, 0.1) is 6.04 Å². The number of hydrogen-bond donors (Lipinski definition) is 0. The van der Waals surface area contributed by atoms with Gasteiger partial charge in [-0.25, -0.2) is 0 Å². The van der Waals surface area contributed by atoms with E-state index < -0.39 is 11.9 Å². The lowest BCUT2D eigenvalue weighted by Crippen LogP contribution is -2.19.